The second kappa shape index (κ2) is 10.7. The lowest BCUT2D eigenvalue weighted by Gasteiger charge is -2.29. The molecule has 3 atom stereocenters. The molecule has 0 spiro atoms. The second-order valence-corrected chi connectivity index (χ2v) is 7.90. The van der Waals surface area contributed by atoms with Gasteiger partial charge in [-0.25, -0.2) is 9.59 Å². The molecule has 0 bridgehead atoms. The molecule has 0 aliphatic heterocycles. The SMILES string of the molecule is CC1CCCCC1NC(=O)NCCC(Oc1ccc(C(=O)O)cc1)c1ccccc1. The number of aromatic carboxylic acids is 1. The first kappa shape index (κ1) is 21.7. The van der Waals surface area contributed by atoms with Crippen LogP contribution < -0.4 is 15.4 Å². The first-order chi connectivity index (χ1) is 14.5. The predicted octanol–water partition coefficient (Wildman–Crippen LogP) is 4.77. The van der Waals surface area contributed by atoms with Gasteiger partial charge in [0, 0.05) is 19.0 Å². The van der Waals surface area contributed by atoms with Crippen molar-refractivity contribution in [2.45, 2.75) is 51.2 Å². The van der Waals surface area contributed by atoms with Crippen molar-refractivity contribution in [2.24, 2.45) is 5.92 Å². The number of nitrogens with one attached hydrogen (secondary N) is 2. The minimum atomic E-state index is -0.969. The largest absolute Gasteiger partial charge is 0.486 e. The monoisotopic (exact) mass is 410 g/mol. The van der Waals surface area contributed by atoms with E-state index < -0.39 is 5.97 Å². The van der Waals surface area contributed by atoms with E-state index in [-0.39, 0.29) is 23.7 Å². The van der Waals surface area contributed by atoms with Gasteiger partial charge in [0.25, 0.3) is 0 Å². The van der Waals surface area contributed by atoms with E-state index in [9.17, 15) is 9.59 Å². The zero-order valence-corrected chi connectivity index (χ0v) is 17.3. The summed E-state index contributed by atoms with van der Waals surface area (Å²) in [4.78, 5) is 23.4. The smallest absolute Gasteiger partial charge is 0.335 e. The molecule has 2 amide bonds. The topological polar surface area (TPSA) is 87.7 Å². The van der Waals surface area contributed by atoms with E-state index in [1.165, 1.54) is 25.0 Å². The third-order valence-electron chi connectivity index (χ3n) is 5.67. The molecule has 2 aromatic rings. The minimum Gasteiger partial charge on any atom is -0.486 e. The number of carbonyl (C=O) groups excluding carboxylic acids is 1. The molecule has 0 saturated heterocycles. The van der Waals surface area contributed by atoms with Crippen molar-refractivity contribution in [3.8, 4) is 5.75 Å². The Morgan fingerprint density at radius 3 is 2.43 bits per heavy atom. The van der Waals surface area contributed by atoms with Crippen LogP contribution in [-0.2, 0) is 0 Å². The lowest BCUT2D eigenvalue weighted by Crippen LogP contribution is -2.46. The molecule has 160 valence electrons. The normalized spacial score (nSPS) is 19.5. The van der Waals surface area contributed by atoms with Crippen LogP contribution in [0.2, 0.25) is 0 Å². The van der Waals surface area contributed by atoms with Crippen LogP contribution in [0.4, 0.5) is 4.79 Å². The number of carbonyl (C=O) groups is 2. The minimum absolute atomic E-state index is 0.133. The third-order valence-corrected chi connectivity index (χ3v) is 5.67. The lowest BCUT2D eigenvalue weighted by molar-refractivity contribution is 0.0696. The summed E-state index contributed by atoms with van der Waals surface area (Å²) in [5.41, 5.74) is 1.22. The Hall–Kier alpha value is -3.02. The average Bonchev–Trinajstić information content (AvgIpc) is 2.75. The van der Waals surface area contributed by atoms with E-state index in [0.717, 1.165) is 18.4 Å². The van der Waals surface area contributed by atoms with Crippen LogP contribution in [0.3, 0.4) is 0 Å². The highest BCUT2D eigenvalue weighted by Crippen LogP contribution is 2.25. The fourth-order valence-electron chi connectivity index (χ4n) is 3.87. The van der Waals surface area contributed by atoms with Crippen molar-refractivity contribution in [1.29, 1.82) is 0 Å². The molecule has 2 aromatic carbocycles. The quantitative estimate of drug-likeness (QED) is 0.585. The van der Waals surface area contributed by atoms with Crippen molar-refractivity contribution >= 4 is 12.0 Å². The van der Waals surface area contributed by atoms with E-state index in [1.807, 2.05) is 30.3 Å². The summed E-state index contributed by atoms with van der Waals surface area (Å²) in [5, 5.41) is 15.1. The van der Waals surface area contributed by atoms with E-state index in [2.05, 4.69) is 17.6 Å². The van der Waals surface area contributed by atoms with E-state index in [4.69, 9.17) is 9.84 Å². The predicted molar refractivity (Wildman–Crippen MR) is 116 cm³/mol. The Balaban J connectivity index is 1.56. The highest BCUT2D eigenvalue weighted by Gasteiger charge is 2.23. The molecule has 1 aliphatic carbocycles. The number of rotatable bonds is 8. The van der Waals surface area contributed by atoms with Crippen molar-refractivity contribution in [1.82, 2.24) is 10.6 Å². The first-order valence-electron chi connectivity index (χ1n) is 10.6. The maximum atomic E-state index is 12.3. The summed E-state index contributed by atoms with van der Waals surface area (Å²) in [7, 11) is 0. The van der Waals surface area contributed by atoms with Gasteiger partial charge in [-0.05, 0) is 48.6 Å². The van der Waals surface area contributed by atoms with Gasteiger partial charge in [0.05, 0.1) is 5.56 Å². The van der Waals surface area contributed by atoms with Gasteiger partial charge in [-0.2, -0.15) is 0 Å². The highest BCUT2D eigenvalue weighted by atomic mass is 16.5. The maximum Gasteiger partial charge on any atom is 0.335 e. The summed E-state index contributed by atoms with van der Waals surface area (Å²) in [6.07, 6.45) is 4.95. The van der Waals surface area contributed by atoms with Gasteiger partial charge in [0.15, 0.2) is 0 Å². The second-order valence-electron chi connectivity index (χ2n) is 7.90. The Labute approximate surface area is 177 Å². The molecular weight excluding hydrogens is 380 g/mol. The van der Waals surface area contributed by atoms with Crippen LogP contribution in [0.15, 0.2) is 54.6 Å². The molecule has 0 heterocycles. The number of benzene rings is 2. The number of amides is 2. The zero-order valence-electron chi connectivity index (χ0n) is 17.3. The summed E-state index contributed by atoms with van der Waals surface area (Å²) < 4.78 is 6.12. The fourth-order valence-corrected chi connectivity index (χ4v) is 3.87. The van der Waals surface area contributed by atoms with Gasteiger partial charge in [0.1, 0.15) is 11.9 Å². The number of hydrogen-bond donors (Lipinski definition) is 3. The van der Waals surface area contributed by atoms with Crippen molar-refractivity contribution < 1.29 is 19.4 Å². The van der Waals surface area contributed by atoms with Crippen LogP contribution in [0.1, 0.15) is 61.1 Å². The zero-order chi connectivity index (χ0) is 21.3. The van der Waals surface area contributed by atoms with Crippen LogP contribution in [0.5, 0.6) is 5.75 Å². The molecular formula is C24H30N2O4. The maximum absolute atomic E-state index is 12.3. The Bertz CT molecular complexity index is 823. The standard InChI is InChI=1S/C24H30N2O4/c1-17-7-5-6-10-21(17)26-24(29)25-16-15-22(18-8-3-2-4-9-18)30-20-13-11-19(12-14-20)23(27)28/h2-4,8-9,11-14,17,21-22H,5-7,10,15-16H2,1H3,(H,27,28)(H2,25,26,29). The van der Waals surface area contributed by atoms with Crippen molar-refractivity contribution in [3.05, 3.63) is 65.7 Å². The molecule has 6 nitrogen and oxygen atoms in total. The molecule has 30 heavy (non-hydrogen) atoms. The number of urea groups is 1. The molecule has 1 fully saturated rings. The van der Waals surface area contributed by atoms with E-state index in [1.54, 1.807) is 12.1 Å². The van der Waals surface area contributed by atoms with E-state index in [0.29, 0.717) is 24.6 Å². The molecule has 1 saturated carbocycles. The van der Waals surface area contributed by atoms with Gasteiger partial charge in [-0.15, -0.1) is 0 Å². The lowest BCUT2D eigenvalue weighted by atomic mass is 9.86. The number of carboxylic acids is 1. The van der Waals surface area contributed by atoms with Crippen LogP contribution >= 0.6 is 0 Å². The van der Waals surface area contributed by atoms with Crippen LogP contribution in [0, 0.1) is 5.92 Å². The first-order valence-corrected chi connectivity index (χ1v) is 10.6. The Kier molecular flexibility index (Phi) is 7.71. The molecule has 3 unspecified atom stereocenters. The van der Waals surface area contributed by atoms with Gasteiger partial charge >= 0.3 is 12.0 Å². The number of ether oxygens (including phenoxy) is 1. The molecule has 3 N–H and O–H groups in total. The third kappa shape index (κ3) is 6.24. The summed E-state index contributed by atoms with van der Waals surface area (Å²) in [5.74, 6) is 0.136. The molecule has 3 rings (SSSR count). The molecule has 1 aliphatic rings. The highest BCUT2D eigenvalue weighted by molar-refractivity contribution is 5.87. The van der Waals surface area contributed by atoms with E-state index >= 15 is 0 Å². The molecule has 6 heteroatoms. The average molecular weight is 411 g/mol. The van der Waals surface area contributed by atoms with Crippen LogP contribution in [-0.4, -0.2) is 29.7 Å². The van der Waals surface area contributed by atoms with Crippen molar-refractivity contribution in [2.75, 3.05) is 6.54 Å². The summed E-state index contributed by atoms with van der Waals surface area (Å²) >= 11 is 0. The van der Waals surface area contributed by atoms with Gasteiger partial charge in [-0.1, -0.05) is 50.1 Å². The number of carboxylic acid groups (broad SMARTS) is 1. The van der Waals surface area contributed by atoms with Gasteiger partial charge in [-0.3, -0.25) is 0 Å². The number of hydrogen-bond acceptors (Lipinski definition) is 3. The Morgan fingerprint density at radius 1 is 1.07 bits per heavy atom. The Morgan fingerprint density at radius 2 is 1.77 bits per heavy atom. The molecule has 0 aromatic heterocycles. The van der Waals surface area contributed by atoms with Gasteiger partial charge in [0.2, 0.25) is 0 Å². The van der Waals surface area contributed by atoms with Gasteiger partial charge < -0.3 is 20.5 Å². The van der Waals surface area contributed by atoms with Crippen molar-refractivity contribution in [3.63, 3.8) is 0 Å². The molecule has 0 radical (unpaired) electrons. The summed E-state index contributed by atoms with van der Waals surface area (Å²) in [6.45, 7) is 2.67. The van der Waals surface area contributed by atoms with Crippen LogP contribution in [0.25, 0.3) is 0 Å². The fraction of sp³-hybridized carbons (Fsp3) is 0.417. The summed E-state index contributed by atoms with van der Waals surface area (Å²) in [6, 6.07) is 16.3.